The molecule has 1 heterocycles. The molecule has 1 saturated heterocycles. The molecule has 1 aliphatic heterocycles. The molecular weight excluding hydrogens is 378 g/mol. The van der Waals surface area contributed by atoms with Gasteiger partial charge in [-0.25, -0.2) is 0 Å². The number of benzene rings is 2. The third-order valence-corrected chi connectivity index (χ3v) is 5.48. The van der Waals surface area contributed by atoms with Gasteiger partial charge in [0.05, 0.1) is 6.61 Å². The first-order valence-corrected chi connectivity index (χ1v) is 10.7. The van der Waals surface area contributed by atoms with E-state index in [1.807, 2.05) is 31.2 Å². The van der Waals surface area contributed by atoms with Crippen molar-refractivity contribution in [3.05, 3.63) is 59.7 Å². The summed E-state index contributed by atoms with van der Waals surface area (Å²) in [4.78, 5) is 16.1. The normalized spacial score (nSPS) is 17.6. The van der Waals surface area contributed by atoms with Gasteiger partial charge in [-0.2, -0.15) is 0 Å². The number of rotatable bonds is 9. The lowest BCUT2D eigenvalue weighted by molar-refractivity contribution is -0.114. The number of ether oxygens (including phenoxy) is 1. The third-order valence-electron chi connectivity index (χ3n) is 5.48. The van der Waals surface area contributed by atoms with Gasteiger partial charge < -0.3 is 15.2 Å². The van der Waals surface area contributed by atoms with Crippen LogP contribution >= 0.6 is 0 Å². The minimum atomic E-state index is -0.0587. The molecule has 1 aliphatic rings. The predicted octanol–water partition coefficient (Wildman–Crippen LogP) is 3.11. The molecule has 0 aromatic heterocycles. The lowest BCUT2D eigenvalue weighted by Crippen LogP contribution is -2.52. The second-order valence-electron chi connectivity index (χ2n) is 7.79. The molecule has 0 unspecified atom stereocenters. The van der Waals surface area contributed by atoms with E-state index in [2.05, 4.69) is 39.4 Å². The molecule has 2 N–H and O–H groups in total. The average Bonchev–Trinajstić information content (AvgIpc) is 2.73. The number of carbonyl (C=O) groups excluding carboxylic acids is 1. The second-order valence-corrected chi connectivity index (χ2v) is 7.79. The molecule has 6 nitrogen and oxygen atoms in total. The number of anilines is 1. The maximum Gasteiger partial charge on any atom is 0.221 e. The Kier molecular flexibility index (Phi) is 8.25. The van der Waals surface area contributed by atoms with Crippen molar-refractivity contribution in [2.24, 2.45) is 0 Å². The average molecular weight is 412 g/mol. The summed E-state index contributed by atoms with van der Waals surface area (Å²) in [5.41, 5.74) is 3.24. The fourth-order valence-electron chi connectivity index (χ4n) is 4.04. The number of para-hydroxylation sites is 1. The lowest BCUT2D eigenvalue weighted by Gasteiger charge is -2.41. The van der Waals surface area contributed by atoms with E-state index in [0.717, 1.165) is 50.6 Å². The standard InChI is InChI=1S/C24H33N3O3/c1-3-30-24-7-5-4-6-21(24)17-27-14-13-26(18-23(27)12-15-28)16-20-8-10-22(11-9-20)25-19(2)29/h4-11,23,28H,3,12-18H2,1-2H3,(H,25,29)/t23-/m0/s1. The van der Waals surface area contributed by atoms with Crippen molar-refractivity contribution in [2.75, 3.05) is 38.2 Å². The van der Waals surface area contributed by atoms with Crippen LogP contribution in [0.2, 0.25) is 0 Å². The fraction of sp³-hybridized carbons (Fsp3) is 0.458. The molecule has 2 aromatic carbocycles. The number of nitrogens with one attached hydrogen (secondary N) is 1. The first-order chi connectivity index (χ1) is 14.6. The van der Waals surface area contributed by atoms with Gasteiger partial charge >= 0.3 is 0 Å². The lowest BCUT2D eigenvalue weighted by atomic mass is 10.1. The maximum absolute atomic E-state index is 11.2. The van der Waals surface area contributed by atoms with Crippen molar-refractivity contribution in [2.45, 2.75) is 39.4 Å². The SMILES string of the molecule is CCOc1ccccc1CN1CCN(Cc2ccc(NC(C)=O)cc2)C[C@@H]1CCO. The monoisotopic (exact) mass is 411 g/mol. The summed E-state index contributed by atoms with van der Waals surface area (Å²) < 4.78 is 5.79. The van der Waals surface area contributed by atoms with Gasteiger partial charge in [-0.1, -0.05) is 30.3 Å². The first-order valence-electron chi connectivity index (χ1n) is 10.7. The molecular formula is C24H33N3O3. The highest BCUT2D eigenvalue weighted by Crippen LogP contribution is 2.24. The van der Waals surface area contributed by atoms with Gasteiger partial charge in [0, 0.05) is 63.5 Å². The number of hydrogen-bond donors (Lipinski definition) is 2. The van der Waals surface area contributed by atoms with Crippen LogP contribution in [-0.2, 0) is 17.9 Å². The molecule has 2 aromatic rings. The Morgan fingerprint density at radius 1 is 1.13 bits per heavy atom. The van der Waals surface area contributed by atoms with Crippen molar-refractivity contribution in [3.63, 3.8) is 0 Å². The molecule has 1 amide bonds. The van der Waals surface area contributed by atoms with Crippen molar-refractivity contribution in [3.8, 4) is 5.75 Å². The molecule has 0 bridgehead atoms. The van der Waals surface area contributed by atoms with Crippen LogP contribution in [0.25, 0.3) is 0 Å². The summed E-state index contributed by atoms with van der Waals surface area (Å²) in [6.07, 6.45) is 0.759. The molecule has 3 rings (SSSR count). The summed E-state index contributed by atoms with van der Waals surface area (Å²) in [6.45, 7) is 8.92. The van der Waals surface area contributed by atoms with Crippen LogP contribution in [0.5, 0.6) is 5.75 Å². The number of aliphatic hydroxyl groups excluding tert-OH is 1. The number of nitrogens with zero attached hydrogens (tertiary/aromatic N) is 2. The van der Waals surface area contributed by atoms with Crippen LogP contribution in [0.3, 0.4) is 0 Å². The molecule has 6 heteroatoms. The summed E-state index contributed by atoms with van der Waals surface area (Å²) in [5.74, 6) is 0.890. The quantitative estimate of drug-likeness (QED) is 0.664. The van der Waals surface area contributed by atoms with Crippen molar-refractivity contribution >= 4 is 11.6 Å². The number of piperazine rings is 1. The van der Waals surface area contributed by atoms with Gasteiger partial charge in [0.15, 0.2) is 0 Å². The van der Waals surface area contributed by atoms with E-state index in [0.29, 0.717) is 12.6 Å². The van der Waals surface area contributed by atoms with Crippen molar-refractivity contribution in [1.29, 1.82) is 0 Å². The minimum absolute atomic E-state index is 0.0587. The largest absolute Gasteiger partial charge is 0.494 e. The highest BCUT2D eigenvalue weighted by molar-refractivity contribution is 5.88. The second kappa shape index (κ2) is 11.1. The Hall–Kier alpha value is -2.41. The number of amides is 1. The van der Waals surface area contributed by atoms with Crippen molar-refractivity contribution in [1.82, 2.24) is 9.80 Å². The van der Waals surface area contributed by atoms with Gasteiger partial charge in [0.25, 0.3) is 0 Å². The van der Waals surface area contributed by atoms with Gasteiger partial charge in [0.2, 0.25) is 5.91 Å². The van der Waals surface area contributed by atoms with Crippen molar-refractivity contribution < 1.29 is 14.6 Å². The molecule has 1 atom stereocenters. The number of aliphatic hydroxyl groups is 1. The van der Waals surface area contributed by atoms with Crippen LogP contribution in [0.1, 0.15) is 31.4 Å². The van der Waals surface area contributed by atoms with E-state index in [4.69, 9.17) is 4.74 Å². The molecule has 162 valence electrons. The first kappa shape index (κ1) is 22.3. The van der Waals surface area contributed by atoms with Crippen LogP contribution in [0.4, 0.5) is 5.69 Å². The van der Waals surface area contributed by atoms with Gasteiger partial charge in [-0.05, 0) is 37.1 Å². The predicted molar refractivity (Wildman–Crippen MR) is 120 cm³/mol. The third kappa shape index (κ3) is 6.29. The van der Waals surface area contributed by atoms with Crippen LogP contribution in [-0.4, -0.2) is 59.7 Å². The van der Waals surface area contributed by atoms with E-state index in [1.165, 1.54) is 18.1 Å². The fourth-order valence-corrected chi connectivity index (χ4v) is 4.04. The number of carbonyl (C=O) groups is 1. The zero-order valence-electron chi connectivity index (χ0n) is 18.0. The van der Waals surface area contributed by atoms with E-state index >= 15 is 0 Å². The van der Waals surface area contributed by atoms with Gasteiger partial charge in [-0.3, -0.25) is 14.6 Å². The Morgan fingerprint density at radius 3 is 2.60 bits per heavy atom. The Balaban J connectivity index is 1.61. The minimum Gasteiger partial charge on any atom is -0.494 e. The molecule has 1 fully saturated rings. The molecule has 0 radical (unpaired) electrons. The van der Waals surface area contributed by atoms with Crippen LogP contribution in [0.15, 0.2) is 48.5 Å². The zero-order chi connectivity index (χ0) is 21.3. The summed E-state index contributed by atoms with van der Waals surface area (Å²) in [6, 6.07) is 16.6. The maximum atomic E-state index is 11.2. The van der Waals surface area contributed by atoms with Crippen LogP contribution in [0, 0.1) is 0 Å². The smallest absolute Gasteiger partial charge is 0.221 e. The molecule has 30 heavy (non-hydrogen) atoms. The zero-order valence-corrected chi connectivity index (χ0v) is 18.0. The molecule has 0 saturated carbocycles. The van der Waals surface area contributed by atoms with Crippen LogP contribution < -0.4 is 10.1 Å². The van der Waals surface area contributed by atoms with Gasteiger partial charge in [-0.15, -0.1) is 0 Å². The van der Waals surface area contributed by atoms with E-state index in [-0.39, 0.29) is 12.5 Å². The van der Waals surface area contributed by atoms with Gasteiger partial charge in [0.1, 0.15) is 5.75 Å². The summed E-state index contributed by atoms with van der Waals surface area (Å²) in [5, 5.41) is 12.4. The molecule has 0 aliphatic carbocycles. The topological polar surface area (TPSA) is 65.0 Å². The highest BCUT2D eigenvalue weighted by Gasteiger charge is 2.27. The Morgan fingerprint density at radius 2 is 1.90 bits per heavy atom. The highest BCUT2D eigenvalue weighted by atomic mass is 16.5. The Bertz CT molecular complexity index is 810. The van der Waals surface area contributed by atoms with E-state index < -0.39 is 0 Å². The molecule has 0 spiro atoms. The number of hydrogen-bond acceptors (Lipinski definition) is 5. The summed E-state index contributed by atoms with van der Waals surface area (Å²) >= 11 is 0. The Labute approximate surface area is 179 Å². The van der Waals surface area contributed by atoms with E-state index in [9.17, 15) is 9.90 Å². The summed E-state index contributed by atoms with van der Waals surface area (Å²) in [7, 11) is 0. The van der Waals surface area contributed by atoms with E-state index in [1.54, 1.807) is 0 Å².